The first-order chi connectivity index (χ1) is 24.7. The van der Waals surface area contributed by atoms with Gasteiger partial charge in [-0.1, -0.05) is 0 Å². The number of aliphatic hydroxyl groups is 1. The fourth-order valence-corrected chi connectivity index (χ4v) is 9.07. The summed E-state index contributed by atoms with van der Waals surface area (Å²) in [6.07, 6.45) is -5.44. The number of aliphatic hydroxyl groups excluding tert-OH is 1. The van der Waals surface area contributed by atoms with Crippen LogP contribution >= 0.6 is 15.2 Å². The largest absolute Gasteiger partial charge is 0.455 e. The van der Waals surface area contributed by atoms with Crippen molar-refractivity contribution in [2.45, 2.75) is 61.2 Å². The third kappa shape index (κ3) is 9.31. The van der Waals surface area contributed by atoms with E-state index >= 15 is 0 Å². The number of aromatic nitrogens is 4. The van der Waals surface area contributed by atoms with Crippen molar-refractivity contribution in [3.63, 3.8) is 0 Å². The summed E-state index contributed by atoms with van der Waals surface area (Å²) in [4.78, 5) is 55.7. The minimum Gasteiger partial charge on any atom is -0.455 e. The molecule has 23 nitrogen and oxygen atoms in total. The maximum Gasteiger partial charge on any atom is 0.340 e. The maximum atomic E-state index is 12.7. The zero-order valence-electron chi connectivity index (χ0n) is 29.0. The summed E-state index contributed by atoms with van der Waals surface area (Å²) >= 11 is 0. The number of fused-ring (bicyclic) bond motifs is 1. The van der Waals surface area contributed by atoms with Crippen LogP contribution in [-0.2, 0) is 70.4 Å². The zero-order valence-corrected chi connectivity index (χ0v) is 30.8. The van der Waals surface area contributed by atoms with Gasteiger partial charge in [0.1, 0.15) is 42.4 Å². The van der Waals surface area contributed by atoms with E-state index in [-0.39, 0.29) is 12.4 Å². The van der Waals surface area contributed by atoms with E-state index in [2.05, 4.69) is 15.0 Å². The number of nitrogen functional groups attached to an aromatic ring is 1. The first-order valence-electron chi connectivity index (χ1n) is 15.4. The van der Waals surface area contributed by atoms with Crippen LogP contribution in [0, 0.1) is 0 Å². The van der Waals surface area contributed by atoms with Crippen molar-refractivity contribution in [1.29, 1.82) is 0 Å². The number of cyclic esters (lactones) is 2. The van der Waals surface area contributed by atoms with Crippen LogP contribution in [0.2, 0.25) is 0 Å². The molecule has 5 N–H and O–H groups in total. The Hall–Kier alpha value is -2.73. The van der Waals surface area contributed by atoms with E-state index < -0.39 is 107 Å². The van der Waals surface area contributed by atoms with Gasteiger partial charge in [0.05, 0.1) is 26.1 Å². The van der Waals surface area contributed by atoms with Crippen LogP contribution in [-0.4, -0.2) is 170 Å². The van der Waals surface area contributed by atoms with Crippen molar-refractivity contribution in [3.8, 4) is 0 Å². The van der Waals surface area contributed by atoms with Crippen LogP contribution in [0.25, 0.3) is 11.2 Å². The second-order valence-electron chi connectivity index (χ2n) is 11.4. The maximum absolute atomic E-state index is 12.7. The predicted molar refractivity (Wildman–Crippen MR) is 172 cm³/mol. The highest BCUT2D eigenvalue weighted by atomic mass is 31.2. The summed E-state index contributed by atoms with van der Waals surface area (Å²) < 4.78 is 83.9. The molecule has 2 aromatic heterocycles. The van der Waals surface area contributed by atoms with Crippen molar-refractivity contribution >= 4 is 44.1 Å². The van der Waals surface area contributed by atoms with Gasteiger partial charge < -0.3 is 72.3 Å². The summed E-state index contributed by atoms with van der Waals surface area (Å²) in [5, 5.41) is 8.79. The van der Waals surface area contributed by atoms with Crippen LogP contribution < -0.4 is 5.73 Å². The first-order valence-corrected chi connectivity index (χ1v) is 18.9. The van der Waals surface area contributed by atoms with Crippen molar-refractivity contribution in [3.05, 3.63) is 12.7 Å². The van der Waals surface area contributed by atoms with Crippen LogP contribution in [0.5, 0.6) is 0 Å². The lowest BCUT2D eigenvalue weighted by Gasteiger charge is -2.23. The Balaban J connectivity index is 0.000000427. The van der Waals surface area contributed by atoms with Crippen molar-refractivity contribution in [2.24, 2.45) is 0 Å². The van der Waals surface area contributed by atoms with Gasteiger partial charge in [0.25, 0.3) is 0 Å². The summed E-state index contributed by atoms with van der Waals surface area (Å²) in [7, 11) is -1.15. The summed E-state index contributed by atoms with van der Waals surface area (Å²) in [5.74, 6) is -2.29. The average molecular weight is 788 g/mol. The molecule has 5 rings (SSSR count). The van der Waals surface area contributed by atoms with E-state index in [1.807, 2.05) is 0 Å². The standard InChI is InChI=1S/C20H31N5O13P2.C7H12O5/c1-31-13-10(37-19(15(13)33-3)25-8-24-12-17(21)22-7-23-18(12)25)5-35-39(27,28)9-40(29,30)36-6-11-14(32-2)16(34-4)20(26)38-11;1-10-5-4(3-8)12-7(9)6(5)11-2/h7-8,10-11,13-16,19H,5-6,9H2,1-4H3,(H,27,28)(H,29,30)(H2,21,22,23);4-6,8H,3H2,1-2H3/t10-,11-,13?,14+,15+,16?,19-;4-,5+,6?/m11/s1. The number of carbonyl (C=O) groups is 2. The van der Waals surface area contributed by atoms with E-state index in [9.17, 15) is 28.5 Å². The molecule has 0 amide bonds. The van der Waals surface area contributed by atoms with Gasteiger partial charge in [0.15, 0.2) is 48.0 Å². The van der Waals surface area contributed by atoms with Gasteiger partial charge >= 0.3 is 27.1 Å². The Morgan fingerprint density at radius 2 is 1.27 bits per heavy atom. The van der Waals surface area contributed by atoms with E-state index in [1.54, 1.807) is 4.57 Å². The lowest BCUT2D eigenvalue weighted by molar-refractivity contribution is -0.150. The van der Waals surface area contributed by atoms with Crippen molar-refractivity contribution in [2.75, 3.05) is 74.1 Å². The molecule has 3 aliphatic heterocycles. The number of nitrogens with zero attached hydrogens (tertiary/aromatic N) is 4. The number of nitrogens with two attached hydrogens (primary N) is 1. The molecule has 0 radical (unpaired) electrons. The molecule has 0 aromatic carbocycles. The quantitative estimate of drug-likeness (QED) is 0.112. The van der Waals surface area contributed by atoms with E-state index in [0.29, 0.717) is 11.2 Å². The molecule has 0 spiro atoms. The third-order valence-corrected chi connectivity index (χ3v) is 12.3. The van der Waals surface area contributed by atoms with Gasteiger partial charge in [-0.25, -0.2) is 24.5 Å². The molecule has 5 heterocycles. The third-order valence-electron chi connectivity index (χ3n) is 8.29. The van der Waals surface area contributed by atoms with Gasteiger partial charge in [0.2, 0.25) is 0 Å². The lowest BCUT2D eigenvalue weighted by atomic mass is 10.1. The highest BCUT2D eigenvalue weighted by Gasteiger charge is 2.50. The van der Waals surface area contributed by atoms with E-state index in [0.717, 1.165) is 0 Å². The van der Waals surface area contributed by atoms with Gasteiger partial charge in [-0.05, 0) is 0 Å². The number of imidazole rings is 1. The van der Waals surface area contributed by atoms with Crippen molar-refractivity contribution < 1.29 is 85.3 Å². The normalized spacial score (nSPS) is 32.6. The highest BCUT2D eigenvalue weighted by Crippen LogP contribution is 2.58. The number of ether oxygens (including phenoxy) is 9. The Morgan fingerprint density at radius 3 is 1.79 bits per heavy atom. The molecule has 52 heavy (non-hydrogen) atoms. The molecular formula is C27H43N5O18P2. The number of methoxy groups -OCH3 is 6. The fraction of sp³-hybridized carbons (Fsp3) is 0.741. The molecule has 2 aromatic rings. The average Bonchev–Trinajstić information content (AvgIpc) is 3.86. The Bertz CT molecular complexity index is 1620. The molecule has 294 valence electrons. The minimum atomic E-state index is -4.71. The molecule has 3 saturated heterocycles. The Labute approximate surface area is 296 Å². The Morgan fingerprint density at radius 1 is 0.750 bits per heavy atom. The number of rotatable bonds is 16. The van der Waals surface area contributed by atoms with E-state index in [1.165, 1.54) is 55.3 Å². The fourth-order valence-electron chi connectivity index (χ4n) is 5.85. The molecule has 0 bridgehead atoms. The van der Waals surface area contributed by atoms with Gasteiger partial charge in [-0.15, -0.1) is 0 Å². The molecule has 3 aliphatic rings. The van der Waals surface area contributed by atoms with Crippen LogP contribution in [0.15, 0.2) is 12.7 Å². The van der Waals surface area contributed by atoms with Gasteiger partial charge in [-0.2, -0.15) is 0 Å². The number of hydrogen-bond acceptors (Lipinski definition) is 20. The lowest BCUT2D eigenvalue weighted by Crippen LogP contribution is -2.37. The van der Waals surface area contributed by atoms with E-state index in [4.69, 9.17) is 62.5 Å². The highest BCUT2D eigenvalue weighted by molar-refractivity contribution is 7.70. The minimum absolute atomic E-state index is 0.165. The van der Waals surface area contributed by atoms with Crippen LogP contribution in [0.4, 0.5) is 5.82 Å². The first kappa shape index (κ1) is 42.0. The molecule has 25 heteroatoms. The monoisotopic (exact) mass is 787 g/mol. The second-order valence-corrected chi connectivity index (χ2v) is 15.6. The number of esters is 2. The number of anilines is 1. The SMILES string of the molecule is COC1C(=O)O[C@H](CO)[C@@H]1OC.COC1C(=O)O[C@H](COP(=O)(O)CP(=O)(O)OC[C@H]2O[C@@H](n3cnc4c(N)ncnc43)[C@@H](OC)C2OC)[C@@H]1OC. The van der Waals surface area contributed by atoms with Gasteiger partial charge in [0, 0.05) is 42.7 Å². The summed E-state index contributed by atoms with van der Waals surface area (Å²) in [6.45, 7) is -1.34. The molecule has 5 unspecified atom stereocenters. The van der Waals surface area contributed by atoms with Gasteiger partial charge in [-0.3, -0.25) is 13.7 Å². The Kier molecular flexibility index (Phi) is 14.6. The predicted octanol–water partition coefficient (Wildman–Crippen LogP) is -1.41. The molecule has 0 aliphatic carbocycles. The summed E-state index contributed by atoms with van der Waals surface area (Å²) in [6, 6.07) is 0. The number of carbonyl (C=O) groups excluding carboxylic acids is 2. The zero-order chi connectivity index (χ0) is 38.4. The molecule has 12 atom stereocenters. The molecular weight excluding hydrogens is 744 g/mol. The van der Waals surface area contributed by atoms with Crippen LogP contribution in [0.3, 0.4) is 0 Å². The number of hydrogen-bond donors (Lipinski definition) is 4. The van der Waals surface area contributed by atoms with Crippen LogP contribution in [0.1, 0.15) is 6.23 Å². The molecule has 3 fully saturated rings. The second kappa shape index (κ2) is 18.1. The summed E-state index contributed by atoms with van der Waals surface area (Å²) in [5.41, 5.74) is 6.57. The van der Waals surface area contributed by atoms with Crippen molar-refractivity contribution in [1.82, 2.24) is 19.5 Å². The topological polar surface area (TPSA) is 300 Å². The smallest absolute Gasteiger partial charge is 0.340 e. The molecule has 0 saturated carbocycles.